The summed E-state index contributed by atoms with van der Waals surface area (Å²) in [5, 5.41) is 14.5. The summed E-state index contributed by atoms with van der Waals surface area (Å²) < 4.78 is 13.7. The van der Waals surface area contributed by atoms with Crippen LogP contribution in [0.3, 0.4) is 0 Å². The molecule has 2 rings (SSSR count). The van der Waals surface area contributed by atoms with Crippen molar-refractivity contribution in [3.63, 3.8) is 0 Å². The van der Waals surface area contributed by atoms with Gasteiger partial charge in [-0.15, -0.1) is 0 Å². The number of anilines is 2. The van der Waals surface area contributed by atoms with Crippen molar-refractivity contribution in [2.45, 2.75) is 6.92 Å². The van der Waals surface area contributed by atoms with Gasteiger partial charge in [-0.05, 0) is 30.3 Å². The van der Waals surface area contributed by atoms with Crippen LogP contribution >= 0.6 is 11.6 Å². The van der Waals surface area contributed by atoms with Crippen molar-refractivity contribution in [1.29, 1.82) is 0 Å². The molecule has 0 bridgehead atoms. The number of phenols is 1. The maximum atomic E-state index is 13.7. The molecule has 0 radical (unpaired) electrons. The van der Waals surface area contributed by atoms with Gasteiger partial charge >= 0.3 is 0 Å². The van der Waals surface area contributed by atoms with Crippen molar-refractivity contribution in [3.05, 3.63) is 52.8 Å². The van der Waals surface area contributed by atoms with Crippen molar-refractivity contribution >= 4 is 34.8 Å². The van der Waals surface area contributed by atoms with E-state index in [1.165, 1.54) is 31.2 Å². The second kappa shape index (κ2) is 6.44. The van der Waals surface area contributed by atoms with Crippen LogP contribution in [0.2, 0.25) is 5.02 Å². The van der Waals surface area contributed by atoms with Crippen LogP contribution in [0.15, 0.2) is 36.4 Å². The Morgan fingerprint density at radius 2 is 1.82 bits per heavy atom. The lowest BCUT2D eigenvalue weighted by Crippen LogP contribution is -2.16. The molecule has 2 amide bonds. The number of hydrogen-bond donors (Lipinski definition) is 3. The van der Waals surface area contributed by atoms with E-state index in [0.29, 0.717) is 10.7 Å². The predicted molar refractivity (Wildman–Crippen MR) is 81.8 cm³/mol. The Bertz CT molecular complexity index is 750. The standard InChI is InChI=1S/C15H12ClFN2O3/c1-8(20)18-14-6-9(16)2-5-13(14)19-15(22)11-4-3-10(21)7-12(11)17/h2-7,21H,1H3,(H,18,20)(H,19,22). The highest BCUT2D eigenvalue weighted by Crippen LogP contribution is 2.27. The van der Waals surface area contributed by atoms with Crippen LogP contribution < -0.4 is 10.6 Å². The molecule has 114 valence electrons. The van der Waals surface area contributed by atoms with Crippen molar-refractivity contribution < 1.29 is 19.1 Å². The molecular weight excluding hydrogens is 311 g/mol. The third kappa shape index (κ3) is 3.73. The van der Waals surface area contributed by atoms with E-state index in [9.17, 15) is 14.0 Å². The van der Waals surface area contributed by atoms with Gasteiger partial charge in [0.15, 0.2) is 0 Å². The molecule has 22 heavy (non-hydrogen) atoms. The monoisotopic (exact) mass is 322 g/mol. The van der Waals surface area contributed by atoms with Crippen LogP contribution in [0, 0.1) is 5.82 Å². The highest BCUT2D eigenvalue weighted by molar-refractivity contribution is 6.31. The van der Waals surface area contributed by atoms with Crippen LogP contribution in [0.25, 0.3) is 0 Å². The minimum Gasteiger partial charge on any atom is -0.508 e. The summed E-state index contributed by atoms with van der Waals surface area (Å²) in [7, 11) is 0. The predicted octanol–water partition coefficient (Wildman–Crippen LogP) is 3.40. The molecule has 2 aromatic carbocycles. The van der Waals surface area contributed by atoms with Crippen LogP contribution in [-0.4, -0.2) is 16.9 Å². The first-order valence-corrected chi connectivity index (χ1v) is 6.61. The van der Waals surface area contributed by atoms with Gasteiger partial charge < -0.3 is 15.7 Å². The van der Waals surface area contributed by atoms with Gasteiger partial charge in [0.2, 0.25) is 5.91 Å². The van der Waals surface area contributed by atoms with Gasteiger partial charge in [-0.3, -0.25) is 9.59 Å². The molecule has 0 aromatic heterocycles. The fraction of sp³-hybridized carbons (Fsp3) is 0.0667. The third-order valence-corrected chi connectivity index (χ3v) is 2.97. The normalized spacial score (nSPS) is 10.1. The molecule has 0 saturated carbocycles. The van der Waals surface area contributed by atoms with Gasteiger partial charge in [-0.1, -0.05) is 11.6 Å². The second-order valence-corrected chi connectivity index (χ2v) is 4.93. The minimum absolute atomic E-state index is 0.235. The average molecular weight is 323 g/mol. The molecule has 3 N–H and O–H groups in total. The average Bonchev–Trinajstić information content (AvgIpc) is 2.41. The number of hydrogen-bond acceptors (Lipinski definition) is 3. The Morgan fingerprint density at radius 1 is 1.09 bits per heavy atom. The van der Waals surface area contributed by atoms with Crippen molar-refractivity contribution in [3.8, 4) is 5.75 Å². The van der Waals surface area contributed by atoms with Gasteiger partial charge in [0, 0.05) is 18.0 Å². The zero-order valence-corrected chi connectivity index (χ0v) is 12.2. The molecular formula is C15H12ClFN2O3. The Morgan fingerprint density at radius 3 is 2.45 bits per heavy atom. The van der Waals surface area contributed by atoms with E-state index in [2.05, 4.69) is 10.6 Å². The van der Waals surface area contributed by atoms with Crippen molar-refractivity contribution in [2.24, 2.45) is 0 Å². The maximum absolute atomic E-state index is 13.7. The summed E-state index contributed by atoms with van der Waals surface area (Å²) in [4.78, 5) is 23.3. The molecule has 5 nitrogen and oxygen atoms in total. The Kier molecular flexibility index (Phi) is 4.62. The van der Waals surface area contributed by atoms with E-state index in [4.69, 9.17) is 16.7 Å². The summed E-state index contributed by atoms with van der Waals surface area (Å²) in [6.45, 7) is 1.31. The first kappa shape index (κ1) is 15.8. The molecule has 2 aromatic rings. The zero-order chi connectivity index (χ0) is 16.3. The van der Waals surface area contributed by atoms with E-state index in [-0.39, 0.29) is 22.9 Å². The van der Waals surface area contributed by atoms with Gasteiger partial charge in [0.05, 0.1) is 16.9 Å². The molecule has 0 spiro atoms. The second-order valence-electron chi connectivity index (χ2n) is 4.49. The van der Waals surface area contributed by atoms with Gasteiger partial charge in [-0.25, -0.2) is 4.39 Å². The van der Waals surface area contributed by atoms with E-state index >= 15 is 0 Å². The number of nitrogens with one attached hydrogen (secondary N) is 2. The topological polar surface area (TPSA) is 78.4 Å². The maximum Gasteiger partial charge on any atom is 0.258 e. The molecule has 0 unspecified atom stereocenters. The molecule has 0 aliphatic carbocycles. The van der Waals surface area contributed by atoms with Crippen molar-refractivity contribution in [2.75, 3.05) is 10.6 Å². The quantitative estimate of drug-likeness (QED) is 0.810. The Balaban J connectivity index is 2.30. The molecule has 0 fully saturated rings. The third-order valence-electron chi connectivity index (χ3n) is 2.74. The number of aromatic hydroxyl groups is 1. The van der Waals surface area contributed by atoms with Crippen molar-refractivity contribution in [1.82, 2.24) is 0 Å². The smallest absolute Gasteiger partial charge is 0.258 e. The fourth-order valence-corrected chi connectivity index (χ4v) is 1.97. The van der Waals surface area contributed by atoms with Gasteiger partial charge in [-0.2, -0.15) is 0 Å². The number of rotatable bonds is 3. The largest absolute Gasteiger partial charge is 0.508 e. The molecule has 0 heterocycles. The first-order chi connectivity index (χ1) is 10.4. The van der Waals surface area contributed by atoms with E-state index < -0.39 is 11.7 Å². The number of halogens is 2. The van der Waals surface area contributed by atoms with Crippen LogP contribution in [0.4, 0.5) is 15.8 Å². The lowest BCUT2D eigenvalue weighted by atomic mass is 10.1. The number of carbonyl (C=O) groups is 2. The zero-order valence-electron chi connectivity index (χ0n) is 11.5. The molecule has 0 aliphatic heterocycles. The number of amides is 2. The highest BCUT2D eigenvalue weighted by atomic mass is 35.5. The number of benzene rings is 2. The summed E-state index contributed by atoms with van der Waals surface area (Å²) in [6, 6.07) is 7.68. The van der Waals surface area contributed by atoms with E-state index in [0.717, 1.165) is 12.1 Å². The summed E-state index contributed by atoms with van der Waals surface area (Å²) >= 11 is 5.84. The molecule has 0 saturated heterocycles. The molecule has 0 atom stereocenters. The van der Waals surface area contributed by atoms with E-state index in [1.807, 2.05) is 0 Å². The van der Waals surface area contributed by atoms with Gasteiger partial charge in [0.1, 0.15) is 11.6 Å². The van der Waals surface area contributed by atoms with E-state index in [1.54, 1.807) is 0 Å². The van der Waals surface area contributed by atoms with Crippen LogP contribution in [0.5, 0.6) is 5.75 Å². The van der Waals surface area contributed by atoms with Gasteiger partial charge in [0.25, 0.3) is 5.91 Å². The van der Waals surface area contributed by atoms with Crippen LogP contribution in [0.1, 0.15) is 17.3 Å². The van der Waals surface area contributed by atoms with Crippen LogP contribution in [-0.2, 0) is 4.79 Å². The summed E-state index contributed by atoms with van der Waals surface area (Å²) in [5.41, 5.74) is 0.339. The Labute approximate surface area is 130 Å². The lowest BCUT2D eigenvalue weighted by Gasteiger charge is -2.12. The first-order valence-electron chi connectivity index (χ1n) is 6.24. The molecule has 7 heteroatoms. The molecule has 0 aliphatic rings. The fourth-order valence-electron chi connectivity index (χ4n) is 1.80. The number of phenolic OH excluding ortho intramolecular Hbond substituents is 1. The Hall–Kier alpha value is -2.60. The minimum atomic E-state index is -0.854. The SMILES string of the molecule is CC(=O)Nc1cc(Cl)ccc1NC(=O)c1ccc(O)cc1F. The lowest BCUT2D eigenvalue weighted by molar-refractivity contribution is -0.114. The summed E-state index contributed by atoms with van der Waals surface area (Å²) in [5.74, 6) is -2.19. The number of carbonyl (C=O) groups excluding carboxylic acids is 2. The highest BCUT2D eigenvalue weighted by Gasteiger charge is 2.14. The summed E-state index contributed by atoms with van der Waals surface area (Å²) in [6.07, 6.45) is 0.